The predicted molar refractivity (Wildman–Crippen MR) is 121 cm³/mol. The minimum absolute atomic E-state index is 0.0443. The molecule has 2 aromatic rings. The highest BCUT2D eigenvalue weighted by molar-refractivity contribution is 5.76. The molecule has 1 aromatic carbocycles. The van der Waals surface area contributed by atoms with E-state index in [1.807, 2.05) is 12.1 Å². The zero-order chi connectivity index (χ0) is 22.9. The standard InChI is InChI=1S/C22H29N5O5/c1-31-12-13-32-20-14-19(21(27(29)30)22(23)24-20)26(10-11-28)16-18-6-4-17(5-7-18)15-25-8-2-3-9-25/h4-7,11,14H,2-3,8-10,12-13,15-16H2,1H3,(H2,23,24). The van der Waals surface area contributed by atoms with E-state index >= 15 is 0 Å². The Bertz CT molecular complexity index is 916. The minimum Gasteiger partial charge on any atom is -0.475 e. The predicted octanol–water partition coefficient (Wildman–Crippen LogP) is 2.40. The maximum Gasteiger partial charge on any atom is 0.334 e. The summed E-state index contributed by atoms with van der Waals surface area (Å²) in [7, 11) is 1.54. The van der Waals surface area contributed by atoms with Gasteiger partial charge >= 0.3 is 5.69 Å². The molecule has 2 N–H and O–H groups in total. The van der Waals surface area contributed by atoms with Gasteiger partial charge in [-0.1, -0.05) is 24.3 Å². The van der Waals surface area contributed by atoms with E-state index in [4.69, 9.17) is 15.2 Å². The number of benzene rings is 1. The van der Waals surface area contributed by atoms with E-state index < -0.39 is 4.92 Å². The number of rotatable bonds is 12. The van der Waals surface area contributed by atoms with Gasteiger partial charge in [0.2, 0.25) is 11.7 Å². The van der Waals surface area contributed by atoms with Crippen LogP contribution in [0.15, 0.2) is 30.3 Å². The summed E-state index contributed by atoms with van der Waals surface area (Å²) in [4.78, 5) is 30.5. The summed E-state index contributed by atoms with van der Waals surface area (Å²) in [5.41, 5.74) is 7.84. The number of ether oxygens (including phenoxy) is 2. The second-order valence-electron chi connectivity index (χ2n) is 7.66. The highest BCUT2D eigenvalue weighted by Gasteiger charge is 2.26. The molecule has 0 bridgehead atoms. The molecule has 10 heteroatoms. The lowest BCUT2D eigenvalue weighted by molar-refractivity contribution is -0.383. The number of nitrogens with two attached hydrogens (primary N) is 1. The van der Waals surface area contributed by atoms with Gasteiger partial charge in [0.05, 0.1) is 18.1 Å². The van der Waals surface area contributed by atoms with Crippen molar-refractivity contribution in [1.82, 2.24) is 9.88 Å². The minimum atomic E-state index is -0.590. The molecule has 2 heterocycles. The topological polar surface area (TPSA) is 124 Å². The van der Waals surface area contributed by atoms with Crippen molar-refractivity contribution in [3.63, 3.8) is 0 Å². The van der Waals surface area contributed by atoms with E-state index in [0.29, 0.717) is 19.4 Å². The fraction of sp³-hybridized carbons (Fsp3) is 0.455. The molecular weight excluding hydrogens is 414 g/mol. The fourth-order valence-electron chi connectivity index (χ4n) is 3.76. The van der Waals surface area contributed by atoms with Crippen molar-refractivity contribution in [2.24, 2.45) is 0 Å². The molecule has 1 fully saturated rings. The number of pyridine rings is 1. The number of nitrogens with zero attached hydrogens (tertiary/aromatic N) is 4. The Hall–Kier alpha value is -3.24. The average molecular weight is 444 g/mol. The summed E-state index contributed by atoms with van der Waals surface area (Å²) in [5.74, 6) is -0.131. The van der Waals surface area contributed by atoms with Gasteiger partial charge in [0.1, 0.15) is 18.6 Å². The molecule has 0 unspecified atom stereocenters. The first-order valence-electron chi connectivity index (χ1n) is 10.6. The van der Waals surface area contributed by atoms with Crippen molar-refractivity contribution in [1.29, 1.82) is 0 Å². The van der Waals surface area contributed by atoms with E-state index in [1.54, 1.807) is 4.90 Å². The van der Waals surface area contributed by atoms with Crippen LogP contribution in [-0.2, 0) is 22.6 Å². The summed E-state index contributed by atoms with van der Waals surface area (Å²) >= 11 is 0. The Kier molecular flexibility index (Phi) is 8.34. The van der Waals surface area contributed by atoms with E-state index in [1.165, 1.54) is 31.6 Å². The highest BCUT2D eigenvalue weighted by atomic mass is 16.6. The number of nitro groups is 1. The number of methoxy groups -OCH3 is 1. The quantitative estimate of drug-likeness (QED) is 0.228. The number of carbonyl (C=O) groups excluding carboxylic acids is 1. The number of hydrogen-bond acceptors (Lipinski definition) is 9. The number of likely N-dealkylation sites (tertiary alicyclic amines) is 1. The summed E-state index contributed by atoms with van der Waals surface area (Å²) in [5, 5.41) is 11.7. The number of aldehydes is 1. The highest BCUT2D eigenvalue weighted by Crippen LogP contribution is 2.36. The third-order valence-electron chi connectivity index (χ3n) is 5.33. The van der Waals surface area contributed by atoms with E-state index in [-0.39, 0.29) is 36.2 Å². The average Bonchev–Trinajstić information content (AvgIpc) is 3.27. The number of anilines is 2. The van der Waals surface area contributed by atoms with Crippen LogP contribution in [0.4, 0.5) is 17.2 Å². The summed E-state index contributed by atoms with van der Waals surface area (Å²) in [6.45, 7) is 3.95. The Morgan fingerprint density at radius 2 is 1.91 bits per heavy atom. The lowest BCUT2D eigenvalue weighted by atomic mass is 10.1. The first kappa shape index (κ1) is 23.4. The lowest BCUT2D eigenvalue weighted by Gasteiger charge is -2.23. The van der Waals surface area contributed by atoms with Gasteiger partial charge in [-0.15, -0.1) is 0 Å². The molecule has 172 valence electrons. The normalized spacial score (nSPS) is 13.8. The smallest absolute Gasteiger partial charge is 0.334 e. The Morgan fingerprint density at radius 3 is 2.53 bits per heavy atom. The van der Waals surface area contributed by atoms with Crippen molar-refractivity contribution in [2.75, 3.05) is 50.6 Å². The number of aromatic nitrogens is 1. The second kappa shape index (κ2) is 11.4. The van der Waals surface area contributed by atoms with Crippen LogP contribution in [0.1, 0.15) is 24.0 Å². The van der Waals surface area contributed by atoms with Crippen molar-refractivity contribution < 1.29 is 19.2 Å². The first-order chi connectivity index (χ1) is 15.5. The van der Waals surface area contributed by atoms with Crippen LogP contribution in [0.5, 0.6) is 5.88 Å². The van der Waals surface area contributed by atoms with Crippen molar-refractivity contribution >= 4 is 23.5 Å². The molecule has 0 amide bonds. The second-order valence-corrected chi connectivity index (χ2v) is 7.66. The van der Waals surface area contributed by atoms with Crippen molar-refractivity contribution in [3.05, 3.63) is 51.6 Å². The SMILES string of the molecule is COCCOc1cc(N(CC=O)Cc2ccc(CN3CCCC3)cc2)c([N+](=O)[O-])c(N)n1. The first-order valence-corrected chi connectivity index (χ1v) is 10.6. The van der Waals surface area contributed by atoms with E-state index in [9.17, 15) is 14.9 Å². The Morgan fingerprint density at radius 1 is 1.22 bits per heavy atom. The number of hydrogen-bond donors (Lipinski definition) is 1. The molecular formula is C22H29N5O5. The molecule has 1 aromatic heterocycles. The van der Waals surface area contributed by atoms with Gasteiger partial charge in [0.15, 0.2) is 0 Å². The molecule has 0 aliphatic carbocycles. The van der Waals surface area contributed by atoms with Gasteiger partial charge in [-0.25, -0.2) is 0 Å². The lowest BCUT2D eigenvalue weighted by Crippen LogP contribution is -2.26. The molecule has 0 saturated carbocycles. The van der Waals surface area contributed by atoms with Crippen molar-refractivity contribution in [3.8, 4) is 5.88 Å². The molecule has 32 heavy (non-hydrogen) atoms. The summed E-state index contributed by atoms with van der Waals surface area (Å²) < 4.78 is 10.5. The van der Waals surface area contributed by atoms with Crippen LogP contribution in [-0.4, -0.2) is 61.1 Å². The summed E-state index contributed by atoms with van der Waals surface area (Å²) in [6.07, 6.45) is 3.18. The largest absolute Gasteiger partial charge is 0.475 e. The Balaban J connectivity index is 1.82. The van der Waals surface area contributed by atoms with Crippen molar-refractivity contribution in [2.45, 2.75) is 25.9 Å². The Labute approximate surface area is 187 Å². The maximum atomic E-state index is 11.7. The zero-order valence-electron chi connectivity index (χ0n) is 18.2. The third kappa shape index (κ3) is 6.14. The number of nitrogen functional groups attached to an aromatic ring is 1. The van der Waals surface area contributed by atoms with Gasteiger partial charge in [0.25, 0.3) is 0 Å². The van der Waals surface area contributed by atoms with Gasteiger partial charge in [0, 0.05) is 26.3 Å². The molecule has 0 spiro atoms. The van der Waals surface area contributed by atoms with Gasteiger partial charge in [-0.3, -0.25) is 15.0 Å². The van der Waals surface area contributed by atoms with Gasteiger partial charge in [-0.2, -0.15) is 4.98 Å². The maximum absolute atomic E-state index is 11.7. The fourth-order valence-corrected chi connectivity index (χ4v) is 3.76. The third-order valence-corrected chi connectivity index (χ3v) is 5.33. The van der Waals surface area contributed by atoms with Gasteiger partial charge in [-0.05, 0) is 37.1 Å². The zero-order valence-corrected chi connectivity index (χ0v) is 18.2. The van der Waals surface area contributed by atoms with Crippen LogP contribution in [0.3, 0.4) is 0 Å². The van der Waals surface area contributed by atoms with Gasteiger partial charge < -0.3 is 24.9 Å². The molecule has 1 saturated heterocycles. The monoisotopic (exact) mass is 443 g/mol. The van der Waals surface area contributed by atoms with Crippen LogP contribution in [0.2, 0.25) is 0 Å². The van der Waals surface area contributed by atoms with E-state index in [0.717, 1.165) is 25.2 Å². The van der Waals surface area contributed by atoms with Crippen LogP contribution in [0.25, 0.3) is 0 Å². The van der Waals surface area contributed by atoms with Crippen LogP contribution in [0, 0.1) is 10.1 Å². The number of carbonyl (C=O) groups is 1. The molecule has 10 nitrogen and oxygen atoms in total. The molecule has 0 radical (unpaired) electrons. The summed E-state index contributed by atoms with van der Waals surface area (Å²) in [6, 6.07) is 9.52. The molecule has 1 aliphatic rings. The molecule has 1 aliphatic heterocycles. The molecule has 0 atom stereocenters. The van der Waals surface area contributed by atoms with Crippen LogP contribution >= 0.6 is 0 Å². The van der Waals surface area contributed by atoms with Crippen LogP contribution < -0.4 is 15.4 Å². The molecule has 3 rings (SSSR count). The van der Waals surface area contributed by atoms with E-state index in [2.05, 4.69) is 22.0 Å².